The Morgan fingerprint density at radius 1 is 1.08 bits per heavy atom. The van der Waals surface area contributed by atoms with Gasteiger partial charge in [0.15, 0.2) is 5.82 Å². The fourth-order valence-corrected chi connectivity index (χ4v) is 7.53. The van der Waals surface area contributed by atoms with Gasteiger partial charge in [0.1, 0.15) is 16.9 Å². The Labute approximate surface area is 305 Å². The van der Waals surface area contributed by atoms with E-state index >= 15 is 0 Å². The Morgan fingerprint density at radius 3 is 2.48 bits per heavy atom. The normalized spacial score (nSPS) is 15.4. The summed E-state index contributed by atoms with van der Waals surface area (Å²) in [4.78, 5) is 47.4. The third kappa shape index (κ3) is 7.32. The van der Waals surface area contributed by atoms with Crippen LogP contribution in [0.3, 0.4) is 0 Å². The van der Waals surface area contributed by atoms with Gasteiger partial charge in [0, 0.05) is 51.3 Å². The van der Waals surface area contributed by atoms with Gasteiger partial charge in [-0.2, -0.15) is 0 Å². The van der Waals surface area contributed by atoms with Gasteiger partial charge in [-0.3, -0.25) is 19.1 Å². The topological polar surface area (TPSA) is 145 Å². The van der Waals surface area contributed by atoms with E-state index in [9.17, 15) is 14.4 Å². The van der Waals surface area contributed by atoms with Crippen molar-refractivity contribution in [2.75, 3.05) is 26.7 Å². The van der Waals surface area contributed by atoms with Crippen LogP contribution in [0, 0.1) is 32.6 Å². The molecule has 2 aliphatic heterocycles. The van der Waals surface area contributed by atoms with Crippen molar-refractivity contribution >= 4 is 58.8 Å². The van der Waals surface area contributed by atoms with Crippen LogP contribution in [-0.4, -0.2) is 75.9 Å². The first-order valence-electron chi connectivity index (χ1n) is 16.0. The Kier molecular flexibility index (Phi) is 11.4. The molecular formula is C36H37Cl2N7O4S. The molecule has 0 saturated carbocycles. The maximum absolute atomic E-state index is 13.8. The monoisotopic (exact) mass is 733 g/mol. The number of aryl methyl sites for hydroxylation is 2. The van der Waals surface area contributed by atoms with E-state index in [1.54, 1.807) is 23.5 Å². The van der Waals surface area contributed by atoms with Crippen molar-refractivity contribution in [1.29, 1.82) is 0 Å². The summed E-state index contributed by atoms with van der Waals surface area (Å²) in [7, 11) is 1.29. The van der Waals surface area contributed by atoms with Crippen molar-refractivity contribution in [1.82, 2.24) is 25.0 Å². The highest BCUT2D eigenvalue weighted by molar-refractivity contribution is 7.15. The van der Waals surface area contributed by atoms with Crippen molar-refractivity contribution in [3.05, 3.63) is 97.4 Å². The van der Waals surface area contributed by atoms with E-state index < -0.39 is 12.0 Å². The van der Waals surface area contributed by atoms with Crippen LogP contribution in [0.2, 0.25) is 5.02 Å². The zero-order valence-corrected chi connectivity index (χ0v) is 30.5. The molecule has 260 valence electrons. The number of fused-ring (bicyclic) bond motifs is 3. The Bertz CT molecular complexity index is 2040. The summed E-state index contributed by atoms with van der Waals surface area (Å²) in [6, 6.07) is 11.6. The highest BCUT2D eigenvalue weighted by Crippen LogP contribution is 2.40. The number of nitrogens with one attached hydrogen (secondary N) is 1. The predicted molar refractivity (Wildman–Crippen MR) is 196 cm³/mol. The Balaban J connectivity index is 0.00000486. The van der Waals surface area contributed by atoms with E-state index in [-0.39, 0.29) is 48.8 Å². The Hall–Kier alpha value is -4.54. The quantitative estimate of drug-likeness (QED) is 0.207. The summed E-state index contributed by atoms with van der Waals surface area (Å²) >= 11 is 7.90. The number of nitrogens with zero attached hydrogens (tertiary/aromatic N) is 5. The first-order chi connectivity index (χ1) is 23.6. The van der Waals surface area contributed by atoms with Gasteiger partial charge in [0.05, 0.1) is 31.4 Å². The van der Waals surface area contributed by atoms with Gasteiger partial charge in [-0.1, -0.05) is 35.6 Å². The molecular weight excluding hydrogens is 697 g/mol. The number of halogens is 2. The maximum atomic E-state index is 13.8. The molecule has 4 heterocycles. The number of hydrogen-bond donors (Lipinski definition) is 2. The molecule has 0 aliphatic carbocycles. The van der Waals surface area contributed by atoms with Crippen molar-refractivity contribution in [3.8, 4) is 16.8 Å². The number of benzene rings is 2. The number of nitrogens with two attached hydrogens (primary N) is 1. The number of hydrogen-bond acceptors (Lipinski definition) is 9. The first kappa shape index (κ1) is 36.7. The number of methoxy groups -OCH3 is 1. The molecule has 0 spiro atoms. The van der Waals surface area contributed by atoms with Gasteiger partial charge in [0.2, 0.25) is 5.91 Å². The zero-order valence-electron chi connectivity index (χ0n) is 28.1. The number of ether oxygens (including phenoxy) is 1. The number of aromatic nitrogens is 3. The zero-order chi connectivity index (χ0) is 34.8. The minimum atomic E-state index is -0.555. The van der Waals surface area contributed by atoms with Crippen LogP contribution in [0.5, 0.6) is 0 Å². The number of carbonyl (C=O) groups excluding carboxylic acids is 3. The maximum Gasteiger partial charge on any atom is 0.339 e. The molecule has 11 nitrogen and oxygen atoms in total. The number of aliphatic imine (C=N–C) groups is 1. The highest BCUT2D eigenvalue weighted by Gasteiger charge is 2.34. The van der Waals surface area contributed by atoms with E-state index in [2.05, 4.69) is 41.2 Å². The summed E-state index contributed by atoms with van der Waals surface area (Å²) in [5.41, 5.74) is 10.4. The van der Waals surface area contributed by atoms with Gasteiger partial charge in [-0.15, -0.1) is 33.9 Å². The van der Waals surface area contributed by atoms with Gasteiger partial charge in [-0.05, 0) is 69.5 Å². The molecule has 2 aliphatic rings. The molecule has 1 fully saturated rings. The van der Waals surface area contributed by atoms with Crippen LogP contribution in [0.25, 0.3) is 5.00 Å². The average Bonchev–Trinajstić information content (AvgIpc) is 3.58. The molecule has 2 aromatic carbocycles. The first-order valence-corrected chi connectivity index (χ1v) is 17.1. The second-order valence-corrected chi connectivity index (χ2v) is 13.6. The minimum Gasteiger partial charge on any atom is -0.465 e. The lowest BCUT2D eigenvalue weighted by Crippen LogP contribution is -2.46. The van der Waals surface area contributed by atoms with Gasteiger partial charge >= 0.3 is 5.97 Å². The summed E-state index contributed by atoms with van der Waals surface area (Å²) < 4.78 is 6.88. The third-order valence-electron chi connectivity index (χ3n) is 8.92. The number of amides is 2. The van der Waals surface area contributed by atoms with Crippen LogP contribution in [0.15, 0.2) is 47.5 Å². The summed E-state index contributed by atoms with van der Waals surface area (Å²) in [6.07, 6.45) is 1.30. The molecule has 2 aromatic heterocycles. The van der Waals surface area contributed by atoms with Crippen LogP contribution in [0.1, 0.15) is 84.8 Å². The SMILES string of the molecule is COC(=O)c1ccc(C(=O)NC2CCN(C(=O)C[C@@H]3N=C(c4ccc(Cl)cc4)c4c(sc(C)c4C)-n4c(C)nnc43)CC2)cc1C#CCN.Cl. The number of esters is 1. The smallest absolute Gasteiger partial charge is 0.339 e. The molecule has 1 saturated heterocycles. The largest absolute Gasteiger partial charge is 0.465 e. The van der Waals surface area contributed by atoms with E-state index in [1.807, 2.05) is 40.7 Å². The van der Waals surface area contributed by atoms with Crippen LogP contribution in [0.4, 0.5) is 0 Å². The number of likely N-dealkylation sites (tertiary alicyclic amines) is 1. The van der Waals surface area contributed by atoms with E-state index in [1.165, 1.54) is 18.1 Å². The number of carbonyl (C=O) groups is 3. The second-order valence-electron chi connectivity index (χ2n) is 12.0. The molecule has 14 heteroatoms. The number of thiophene rings is 1. The van der Waals surface area contributed by atoms with Crippen molar-refractivity contribution < 1.29 is 19.1 Å². The molecule has 1 atom stereocenters. The van der Waals surface area contributed by atoms with E-state index in [4.69, 9.17) is 27.1 Å². The van der Waals surface area contributed by atoms with E-state index in [0.29, 0.717) is 47.9 Å². The predicted octanol–water partition coefficient (Wildman–Crippen LogP) is 5.13. The minimum absolute atomic E-state index is 0. The van der Waals surface area contributed by atoms with Crippen LogP contribution < -0.4 is 11.1 Å². The lowest BCUT2D eigenvalue weighted by Gasteiger charge is -2.33. The molecule has 50 heavy (non-hydrogen) atoms. The van der Waals surface area contributed by atoms with Crippen molar-refractivity contribution in [2.24, 2.45) is 10.7 Å². The molecule has 3 N–H and O–H groups in total. The summed E-state index contributed by atoms with van der Waals surface area (Å²) in [5, 5.41) is 13.6. The molecule has 0 unspecified atom stereocenters. The molecule has 0 radical (unpaired) electrons. The average molecular weight is 735 g/mol. The van der Waals surface area contributed by atoms with Gasteiger partial charge < -0.3 is 20.7 Å². The molecule has 2 amide bonds. The second kappa shape index (κ2) is 15.6. The molecule has 4 aromatic rings. The fraction of sp³-hybridized carbons (Fsp3) is 0.333. The number of rotatable bonds is 6. The van der Waals surface area contributed by atoms with Gasteiger partial charge in [-0.25, -0.2) is 4.79 Å². The van der Waals surface area contributed by atoms with Crippen molar-refractivity contribution in [2.45, 2.75) is 52.1 Å². The highest BCUT2D eigenvalue weighted by atomic mass is 35.5. The third-order valence-corrected chi connectivity index (χ3v) is 10.4. The fourth-order valence-electron chi connectivity index (χ4n) is 6.19. The standard InChI is InChI=1S/C36H36ClN7O4S.ClH/c1-20-21(2)49-35-31(20)32(23-7-10-26(37)11-8-23)40-29(33-42-41-22(3)44(33)35)19-30(45)43-16-13-27(14-17-43)39-34(46)25-9-12-28(36(47)48-4)24(18-25)6-5-15-38;/h7-12,18,27,29H,13-17,19,38H2,1-4H3,(H,39,46);1H/t29-;/m0./s1. The number of piperidine rings is 1. The molecule has 6 rings (SSSR count). The van der Waals surface area contributed by atoms with Gasteiger partial charge in [0.25, 0.3) is 5.91 Å². The Morgan fingerprint density at radius 2 is 1.80 bits per heavy atom. The van der Waals surface area contributed by atoms with Crippen LogP contribution in [-0.2, 0) is 9.53 Å². The van der Waals surface area contributed by atoms with Crippen molar-refractivity contribution in [3.63, 3.8) is 0 Å². The van der Waals surface area contributed by atoms with E-state index in [0.717, 1.165) is 33.2 Å². The lowest BCUT2D eigenvalue weighted by atomic mass is 9.99. The summed E-state index contributed by atoms with van der Waals surface area (Å²) in [6.45, 7) is 7.18. The lowest BCUT2D eigenvalue weighted by molar-refractivity contribution is -0.132. The molecule has 0 bridgehead atoms. The van der Waals surface area contributed by atoms with Crippen LogP contribution >= 0.6 is 35.3 Å². The summed E-state index contributed by atoms with van der Waals surface area (Å²) in [5.74, 6) is 6.07.